The standard InChI is InChI=1S/C33H25BrFN5O5/c1-43-26-9-5-3-7-24(26)31-36-16-14-23(38-31)19-44-25-8-4-2-6-21(25)18-27(32(41)42)45-33-37-17-15-28-39-29(30(34)40(28)33)20-10-12-22(35)13-11-20/h2-17,27H,18-19H2,1H3,(H,41,42). The highest BCUT2D eigenvalue weighted by atomic mass is 79.9. The average Bonchev–Trinajstić information content (AvgIpc) is 3.41. The van der Waals surface area contributed by atoms with Crippen LogP contribution in [0.3, 0.4) is 0 Å². The first-order chi connectivity index (χ1) is 21.9. The molecule has 0 fully saturated rings. The van der Waals surface area contributed by atoms with Crippen LogP contribution in [0, 0.1) is 5.82 Å². The van der Waals surface area contributed by atoms with Crippen LogP contribution in [-0.2, 0) is 17.8 Å². The summed E-state index contributed by atoms with van der Waals surface area (Å²) in [5, 5.41) is 10.1. The highest BCUT2D eigenvalue weighted by Crippen LogP contribution is 2.32. The molecule has 0 aliphatic carbocycles. The van der Waals surface area contributed by atoms with Gasteiger partial charge in [-0.25, -0.2) is 33.5 Å². The largest absolute Gasteiger partial charge is 0.496 e. The Balaban J connectivity index is 1.22. The number of rotatable bonds is 11. The van der Waals surface area contributed by atoms with Gasteiger partial charge >= 0.3 is 12.0 Å². The summed E-state index contributed by atoms with van der Waals surface area (Å²) in [6.07, 6.45) is 1.80. The topological polar surface area (TPSA) is 121 Å². The number of nitrogens with zero attached hydrogens (tertiary/aromatic N) is 5. The molecule has 1 atom stereocenters. The molecular weight excluding hydrogens is 645 g/mol. The molecule has 0 saturated heterocycles. The lowest BCUT2D eigenvalue weighted by molar-refractivity contribution is -0.145. The van der Waals surface area contributed by atoms with Crippen molar-refractivity contribution in [1.82, 2.24) is 24.3 Å². The van der Waals surface area contributed by atoms with Gasteiger partial charge in [-0.1, -0.05) is 30.3 Å². The summed E-state index contributed by atoms with van der Waals surface area (Å²) in [6, 6.07) is 23.9. The van der Waals surface area contributed by atoms with E-state index in [0.717, 1.165) is 5.56 Å². The van der Waals surface area contributed by atoms with Crippen molar-refractivity contribution in [3.05, 3.63) is 119 Å². The summed E-state index contributed by atoms with van der Waals surface area (Å²) < 4.78 is 33.1. The molecule has 0 amide bonds. The molecule has 0 aliphatic heterocycles. The third-order valence-corrected chi connectivity index (χ3v) is 7.63. The maximum atomic E-state index is 13.5. The van der Waals surface area contributed by atoms with Crippen LogP contribution in [0.1, 0.15) is 11.3 Å². The van der Waals surface area contributed by atoms with Gasteiger partial charge in [0.15, 0.2) is 5.82 Å². The Kier molecular flexibility index (Phi) is 8.65. The third-order valence-electron chi connectivity index (χ3n) is 6.90. The molecule has 6 rings (SSSR count). The molecule has 3 heterocycles. The normalized spacial score (nSPS) is 11.7. The lowest BCUT2D eigenvalue weighted by Crippen LogP contribution is -2.30. The minimum atomic E-state index is -1.31. The second-order valence-corrected chi connectivity index (χ2v) is 10.5. The minimum Gasteiger partial charge on any atom is -0.496 e. The number of para-hydroxylation sites is 2. The maximum absolute atomic E-state index is 13.5. The number of fused-ring (bicyclic) bond motifs is 1. The van der Waals surface area contributed by atoms with E-state index < -0.39 is 12.1 Å². The number of aliphatic carboxylic acids is 1. The number of halogens is 2. The Morgan fingerprint density at radius 1 is 0.933 bits per heavy atom. The van der Waals surface area contributed by atoms with Crippen molar-refractivity contribution in [3.8, 4) is 40.2 Å². The molecule has 3 aromatic carbocycles. The van der Waals surface area contributed by atoms with Gasteiger partial charge in [0.2, 0.25) is 6.10 Å². The zero-order valence-corrected chi connectivity index (χ0v) is 25.4. The van der Waals surface area contributed by atoms with Gasteiger partial charge < -0.3 is 19.3 Å². The third kappa shape index (κ3) is 6.46. The zero-order chi connectivity index (χ0) is 31.3. The van der Waals surface area contributed by atoms with E-state index in [4.69, 9.17) is 14.2 Å². The van der Waals surface area contributed by atoms with Gasteiger partial charge in [-0.15, -0.1) is 0 Å². The van der Waals surface area contributed by atoms with Crippen LogP contribution in [-0.4, -0.2) is 48.6 Å². The quantitative estimate of drug-likeness (QED) is 0.167. The van der Waals surface area contributed by atoms with Crippen LogP contribution in [0.2, 0.25) is 0 Å². The Labute approximate surface area is 265 Å². The van der Waals surface area contributed by atoms with Crippen molar-refractivity contribution in [2.24, 2.45) is 0 Å². The highest BCUT2D eigenvalue weighted by molar-refractivity contribution is 9.10. The molecule has 0 bridgehead atoms. The van der Waals surface area contributed by atoms with Crippen molar-refractivity contribution in [2.75, 3.05) is 7.11 Å². The molecule has 6 aromatic rings. The number of aromatic nitrogens is 5. The van der Waals surface area contributed by atoms with Gasteiger partial charge in [-0.3, -0.25) is 0 Å². The molecule has 0 spiro atoms. The fourth-order valence-electron chi connectivity index (χ4n) is 4.72. The number of carboxylic acid groups (broad SMARTS) is 1. The van der Waals surface area contributed by atoms with Crippen LogP contribution < -0.4 is 14.2 Å². The number of ether oxygens (including phenoxy) is 3. The molecule has 1 unspecified atom stereocenters. The molecular formula is C33H25BrFN5O5. The van der Waals surface area contributed by atoms with Crippen LogP contribution in [0.5, 0.6) is 17.5 Å². The van der Waals surface area contributed by atoms with Crippen molar-refractivity contribution in [3.63, 3.8) is 0 Å². The minimum absolute atomic E-state index is 0.0169. The number of hydrogen-bond acceptors (Lipinski definition) is 8. The van der Waals surface area contributed by atoms with Gasteiger partial charge in [-0.2, -0.15) is 0 Å². The highest BCUT2D eigenvalue weighted by Gasteiger charge is 2.25. The summed E-state index contributed by atoms with van der Waals surface area (Å²) in [5.41, 5.74) is 3.66. The number of methoxy groups -OCH3 is 1. The number of carboxylic acids is 1. The van der Waals surface area contributed by atoms with Crippen LogP contribution in [0.4, 0.5) is 4.39 Å². The lowest BCUT2D eigenvalue weighted by Gasteiger charge is -2.17. The van der Waals surface area contributed by atoms with Crippen molar-refractivity contribution < 1.29 is 28.5 Å². The van der Waals surface area contributed by atoms with E-state index in [-0.39, 0.29) is 24.9 Å². The summed E-state index contributed by atoms with van der Waals surface area (Å²) in [7, 11) is 1.59. The molecule has 45 heavy (non-hydrogen) atoms. The molecule has 0 aliphatic rings. The Morgan fingerprint density at radius 3 is 2.44 bits per heavy atom. The molecule has 226 valence electrons. The predicted octanol–water partition coefficient (Wildman–Crippen LogP) is 6.42. The monoisotopic (exact) mass is 669 g/mol. The molecule has 1 N–H and O–H groups in total. The predicted molar refractivity (Wildman–Crippen MR) is 167 cm³/mol. The van der Waals surface area contributed by atoms with Gasteiger partial charge in [-0.05, 0) is 70.0 Å². The van der Waals surface area contributed by atoms with E-state index in [1.807, 2.05) is 24.3 Å². The zero-order valence-electron chi connectivity index (χ0n) is 23.8. The molecule has 3 aromatic heterocycles. The number of benzene rings is 3. The molecule has 0 saturated carbocycles. The molecule has 0 radical (unpaired) electrons. The number of carbonyl (C=O) groups is 1. The van der Waals surface area contributed by atoms with Crippen LogP contribution in [0.15, 0.2) is 102 Å². The van der Waals surface area contributed by atoms with Gasteiger partial charge in [0.25, 0.3) is 0 Å². The Morgan fingerprint density at radius 2 is 1.67 bits per heavy atom. The van der Waals surface area contributed by atoms with Crippen molar-refractivity contribution >= 4 is 27.5 Å². The maximum Gasteiger partial charge on any atom is 0.345 e. The average molecular weight is 670 g/mol. The summed E-state index contributed by atoms with van der Waals surface area (Å²) in [6.45, 7) is 0.120. The van der Waals surface area contributed by atoms with E-state index in [0.29, 0.717) is 50.1 Å². The van der Waals surface area contributed by atoms with Gasteiger partial charge in [0.1, 0.15) is 39.9 Å². The first kappa shape index (κ1) is 29.7. The lowest BCUT2D eigenvalue weighted by atomic mass is 10.1. The smallest absolute Gasteiger partial charge is 0.345 e. The van der Waals surface area contributed by atoms with Crippen LogP contribution in [0.25, 0.3) is 28.3 Å². The van der Waals surface area contributed by atoms with E-state index in [2.05, 4.69) is 35.9 Å². The van der Waals surface area contributed by atoms with Gasteiger partial charge in [0, 0.05) is 30.4 Å². The second kappa shape index (κ2) is 13.1. The Bertz CT molecular complexity index is 1990. The van der Waals surface area contributed by atoms with Crippen molar-refractivity contribution in [1.29, 1.82) is 0 Å². The number of imidazole rings is 1. The fraction of sp³-hybridized carbons (Fsp3) is 0.121. The Hall–Kier alpha value is -5.36. The summed E-state index contributed by atoms with van der Waals surface area (Å²) >= 11 is 3.54. The summed E-state index contributed by atoms with van der Waals surface area (Å²) in [5.74, 6) is 0.0815. The number of hydrogen-bond donors (Lipinski definition) is 1. The SMILES string of the molecule is COc1ccccc1-c1nccc(COc2ccccc2CC(Oc2nccc3nc(-c4ccc(F)cc4)c(Br)n23)C(=O)O)n1. The first-order valence-corrected chi connectivity index (χ1v) is 14.5. The van der Waals surface area contributed by atoms with E-state index in [9.17, 15) is 14.3 Å². The fourth-order valence-corrected chi connectivity index (χ4v) is 5.37. The van der Waals surface area contributed by atoms with Crippen molar-refractivity contribution in [2.45, 2.75) is 19.1 Å². The molecule has 10 nitrogen and oxygen atoms in total. The van der Waals surface area contributed by atoms with Crippen LogP contribution >= 0.6 is 15.9 Å². The first-order valence-electron chi connectivity index (χ1n) is 13.8. The van der Waals surface area contributed by atoms with E-state index in [1.54, 1.807) is 66.2 Å². The molecule has 12 heteroatoms. The summed E-state index contributed by atoms with van der Waals surface area (Å²) in [4.78, 5) is 30.3. The van der Waals surface area contributed by atoms with E-state index in [1.165, 1.54) is 18.3 Å². The van der Waals surface area contributed by atoms with E-state index >= 15 is 0 Å². The van der Waals surface area contributed by atoms with Gasteiger partial charge in [0.05, 0.1) is 18.4 Å². The second-order valence-electron chi connectivity index (χ2n) is 9.80.